The number of halogens is 2. The Kier molecular flexibility index (Phi) is 8.62. The second-order valence-electron chi connectivity index (χ2n) is 16.6. The minimum absolute atomic E-state index is 0.0109. The monoisotopic (exact) mass is 657 g/mol. The van der Waals surface area contributed by atoms with Gasteiger partial charge in [0, 0.05) is 30.0 Å². The van der Waals surface area contributed by atoms with Crippen molar-refractivity contribution in [1.29, 1.82) is 0 Å². The van der Waals surface area contributed by atoms with Gasteiger partial charge in [-0.15, -0.1) is 0 Å². The summed E-state index contributed by atoms with van der Waals surface area (Å²) in [4.78, 5) is 13.5. The van der Waals surface area contributed by atoms with Gasteiger partial charge >= 0.3 is 6.09 Å². The smallest absolute Gasteiger partial charge is 0.411 e. The van der Waals surface area contributed by atoms with Crippen molar-refractivity contribution in [3.8, 4) is 0 Å². The number of ether oxygens (including phenoxy) is 5. The highest BCUT2D eigenvalue weighted by atomic mass is 19.1. The van der Waals surface area contributed by atoms with Gasteiger partial charge in [-0.25, -0.2) is 13.6 Å². The maximum Gasteiger partial charge on any atom is 0.411 e. The molecule has 2 aliphatic carbocycles. The third kappa shape index (κ3) is 5.73. The van der Waals surface area contributed by atoms with Gasteiger partial charge in [0.2, 0.25) is 0 Å². The van der Waals surface area contributed by atoms with E-state index >= 15 is 0 Å². The summed E-state index contributed by atoms with van der Waals surface area (Å²) in [5.74, 6) is 2.92. The summed E-state index contributed by atoms with van der Waals surface area (Å²) in [5, 5.41) is 2.58. The van der Waals surface area contributed by atoms with Crippen molar-refractivity contribution in [2.45, 2.75) is 129 Å². The predicted octanol–water partition coefficient (Wildman–Crippen LogP) is 8.17. The molecule has 5 heterocycles. The molecule has 0 spiro atoms. The molecule has 18 atom stereocenters. The first-order chi connectivity index (χ1) is 22.5. The number of fused-ring (bicyclic) bond motifs is 5. The first-order valence-electron chi connectivity index (χ1n) is 18.6. The Labute approximate surface area is 278 Å². The number of benzene rings is 1. The number of carbonyl (C=O) groups excluding carboxylic acids is 1. The van der Waals surface area contributed by atoms with Crippen molar-refractivity contribution in [2.75, 3.05) is 5.32 Å². The van der Waals surface area contributed by atoms with Crippen molar-refractivity contribution in [1.82, 2.24) is 0 Å². The Morgan fingerprint density at radius 2 is 1.34 bits per heavy atom. The Morgan fingerprint density at radius 3 is 2.13 bits per heavy atom. The second kappa shape index (κ2) is 12.5. The van der Waals surface area contributed by atoms with Gasteiger partial charge in [-0.2, -0.15) is 0 Å². The van der Waals surface area contributed by atoms with Gasteiger partial charge in [0.1, 0.15) is 23.8 Å². The lowest BCUT2D eigenvalue weighted by molar-refractivity contribution is -0.321. The lowest BCUT2D eigenvalue weighted by atomic mass is 9.55. The molecule has 1 N–H and O–H groups in total. The zero-order valence-electron chi connectivity index (χ0n) is 28.5. The highest BCUT2D eigenvalue weighted by Gasteiger charge is 2.60. The standard InChI is InChI=1S/C38H53F2NO6/c1-17-6-8-27-21(5)35-32(46-38(42)41-24-13-22(39)12-23(40)14-24)16-31-20(4)29-15-28(30-11-10-25(17)33(27)37(44-30)47-35)19(3)26-9-7-18(2)43-36(45-31)34(26)29/h12-14,17-21,25-37H,6-11,15-16H2,1-5H3,(H,41,42). The molecule has 5 saturated heterocycles. The number of hydrogen-bond acceptors (Lipinski definition) is 6. The topological polar surface area (TPSA) is 75.3 Å². The van der Waals surface area contributed by atoms with Crippen LogP contribution in [0, 0.1) is 76.7 Å². The largest absolute Gasteiger partial charge is 0.443 e. The van der Waals surface area contributed by atoms with Crippen molar-refractivity contribution < 1.29 is 37.3 Å². The summed E-state index contributed by atoms with van der Waals surface area (Å²) in [6, 6.07) is 2.96. The number of hydrogen-bond donors (Lipinski definition) is 1. The third-order valence-electron chi connectivity index (χ3n) is 14.3. The molecule has 1 aromatic carbocycles. The van der Waals surface area contributed by atoms with Gasteiger partial charge in [0.05, 0.1) is 18.3 Å². The van der Waals surface area contributed by atoms with Crippen LogP contribution in [-0.2, 0) is 23.7 Å². The summed E-state index contributed by atoms with van der Waals surface area (Å²) in [7, 11) is 0. The molecule has 8 rings (SSSR count). The van der Waals surface area contributed by atoms with Gasteiger partial charge in [-0.1, -0.05) is 34.1 Å². The quantitative estimate of drug-likeness (QED) is 0.346. The number of anilines is 1. The normalized spacial score (nSPS) is 50.4. The fourth-order valence-corrected chi connectivity index (χ4v) is 11.9. The molecule has 1 aromatic rings. The van der Waals surface area contributed by atoms with Gasteiger partial charge in [-0.05, 0) is 111 Å². The van der Waals surface area contributed by atoms with Gasteiger partial charge < -0.3 is 23.7 Å². The Morgan fingerprint density at radius 1 is 0.681 bits per heavy atom. The molecule has 0 radical (unpaired) electrons. The molecule has 5 aliphatic heterocycles. The molecule has 9 heteroatoms. The Balaban J connectivity index is 1.18. The molecule has 7 fully saturated rings. The number of nitrogens with one attached hydrogen (secondary N) is 1. The van der Waals surface area contributed by atoms with Crippen molar-refractivity contribution in [3.63, 3.8) is 0 Å². The molecule has 7 nitrogen and oxygen atoms in total. The fourth-order valence-electron chi connectivity index (χ4n) is 11.9. The van der Waals surface area contributed by atoms with Crippen LogP contribution >= 0.6 is 0 Å². The van der Waals surface area contributed by atoms with E-state index in [1.807, 2.05) is 0 Å². The van der Waals surface area contributed by atoms with Crippen LogP contribution in [0.1, 0.15) is 86.0 Å². The summed E-state index contributed by atoms with van der Waals surface area (Å²) < 4.78 is 62.3. The van der Waals surface area contributed by atoms with Crippen LogP contribution in [0.15, 0.2) is 18.2 Å². The predicted molar refractivity (Wildman–Crippen MR) is 171 cm³/mol. The van der Waals surface area contributed by atoms with Crippen molar-refractivity contribution in [3.05, 3.63) is 29.8 Å². The molecule has 0 aromatic heterocycles. The first kappa shape index (κ1) is 32.4. The Bertz CT molecular complexity index is 1310. The number of carbonyl (C=O) groups is 1. The van der Waals surface area contributed by atoms with Gasteiger partial charge in [-0.3, -0.25) is 5.32 Å². The van der Waals surface area contributed by atoms with Crippen molar-refractivity contribution in [2.24, 2.45) is 65.1 Å². The molecule has 2 saturated carbocycles. The van der Waals surface area contributed by atoms with E-state index in [-0.39, 0.29) is 48.4 Å². The van der Waals surface area contributed by atoms with Crippen LogP contribution in [-0.4, -0.2) is 49.2 Å². The third-order valence-corrected chi connectivity index (χ3v) is 14.3. The maximum atomic E-state index is 14.0. The van der Waals surface area contributed by atoms with E-state index in [1.54, 1.807) is 0 Å². The van der Waals surface area contributed by atoms with E-state index in [4.69, 9.17) is 23.7 Å². The average Bonchev–Trinajstić information content (AvgIpc) is 3.30. The molecule has 47 heavy (non-hydrogen) atoms. The molecule has 1 amide bonds. The molecule has 6 bridgehead atoms. The minimum atomic E-state index is -0.766. The highest BCUT2D eigenvalue weighted by Crippen LogP contribution is 2.59. The summed E-state index contributed by atoms with van der Waals surface area (Å²) in [6.07, 6.45) is 5.82. The molecular weight excluding hydrogens is 604 g/mol. The van der Waals surface area contributed by atoms with Crippen LogP contribution in [0.3, 0.4) is 0 Å². The van der Waals surface area contributed by atoms with E-state index in [2.05, 4.69) is 39.9 Å². The maximum absolute atomic E-state index is 14.0. The van der Waals surface area contributed by atoms with Crippen LogP contribution < -0.4 is 5.32 Å². The van der Waals surface area contributed by atoms with E-state index in [0.29, 0.717) is 59.7 Å². The lowest BCUT2D eigenvalue weighted by Gasteiger charge is -2.57. The lowest BCUT2D eigenvalue weighted by Crippen LogP contribution is -2.60. The highest BCUT2D eigenvalue weighted by molar-refractivity contribution is 5.84. The summed E-state index contributed by atoms with van der Waals surface area (Å²) >= 11 is 0. The minimum Gasteiger partial charge on any atom is -0.443 e. The molecular formula is C38H53F2NO6. The zero-order valence-corrected chi connectivity index (χ0v) is 28.5. The second-order valence-corrected chi connectivity index (χ2v) is 16.6. The van der Waals surface area contributed by atoms with E-state index in [0.717, 1.165) is 50.3 Å². The molecule has 7 aliphatic rings. The number of rotatable bonds is 2. The fraction of sp³-hybridized carbons (Fsp3) is 0.816. The first-order valence-corrected chi connectivity index (χ1v) is 18.6. The SMILES string of the molecule is CC1CCC2C(C)C3CC4C(C)C(CC(OC(=O)Nc5cc(F)cc(F)c5)C5OC6OC3CCC3C(C)CCC(C5C)C63)OC(O1)C42. The number of amides is 1. The summed E-state index contributed by atoms with van der Waals surface area (Å²) in [6.45, 7) is 11.6. The van der Waals surface area contributed by atoms with Gasteiger partial charge in [0.25, 0.3) is 0 Å². The van der Waals surface area contributed by atoms with E-state index < -0.39 is 29.9 Å². The Hall–Kier alpha value is -1.81. The van der Waals surface area contributed by atoms with Crippen molar-refractivity contribution >= 4 is 11.8 Å². The van der Waals surface area contributed by atoms with Crippen LogP contribution in [0.2, 0.25) is 0 Å². The van der Waals surface area contributed by atoms with Crippen LogP contribution in [0.25, 0.3) is 0 Å². The average molecular weight is 658 g/mol. The summed E-state index contributed by atoms with van der Waals surface area (Å²) in [5.41, 5.74) is 0.0109. The molecule has 260 valence electrons. The zero-order chi connectivity index (χ0) is 32.7. The van der Waals surface area contributed by atoms with Gasteiger partial charge in [0.15, 0.2) is 12.6 Å². The van der Waals surface area contributed by atoms with Crippen LogP contribution in [0.4, 0.5) is 19.3 Å². The van der Waals surface area contributed by atoms with E-state index in [9.17, 15) is 13.6 Å². The molecule has 18 unspecified atom stereocenters. The van der Waals surface area contributed by atoms with E-state index in [1.165, 1.54) is 12.8 Å². The van der Waals surface area contributed by atoms with Crippen LogP contribution in [0.5, 0.6) is 0 Å².